The molecule has 3 rings (SSSR count). The van der Waals surface area contributed by atoms with E-state index < -0.39 is 0 Å². The number of amides is 1. The van der Waals surface area contributed by atoms with Crippen LogP contribution in [-0.2, 0) is 4.79 Å². The molecule has 0 saturated heterocycles. The molecule has 0 unspecified atom stereocenters. The Kier molecular flexibility index (Phi) is 6.64. The summed E-state index contributed by atoms with van der Waals surface area (Å²) in [6.45, 7) is 2.87. The highest BCUT2D eigenvalue weighted by Gasteiger charge is 2.19. The van der Waals surface area contributed by atoms with Crippen molar-refractivity contribution < 1.29 is 4.79 Å². The Morgan fingerprint density at radius 1 is 1.00 bits per heavy atom. The first-order valence-corrected chi connectivity index (χ1v) is 9.80. The number of carbonyl (C=O) groups excluding carboxylic acids is 1. The maximum atomic E-state index is 12.4. The summed E-state index contributed by atoms with van der Waals surface area (Å²) >= 11 is 0. The molecule has 1 aliphatic rings. The van der Waals surface area contributed by atoms with Gasteiger partial charge in [-0.3, -0.25) is 4.79 Å². The fourth-order valence-corrected chi connectivity index (χ4v) is 3.81. The van der Waals surface area contributed by atoms with Crippen molar-refractivity contribution in [2.75, 3.05) is 39.0 Å². The predicted octanol–water partition coefficient (Wildman–Crippen LogP) is 3.97. The van der Waals surface area contributed by atoms with Crippen LogP contribution in [0.15, 0.2) is 42.5 Å². The SMILES string of the molecule is CN(CCC(=O)Nc1cccc2ccccc12)CCN(C)C1CCCC1. The van der Waals surface area contributed by atoms with Gasteiger partial charge in [-0.25, -0.2) is 0 Å². The van der Waals surface area contributed by atoms with E-state index in [1.807, 2.05) is 24.3 Å². The summed E-state index contributed by atoms with van der Waals surface area (Å²) in [5.41, 5.74) is 0.900. The van der Waals surface area contributed by atoms with E-state index in [2.05, 4.69) is 47.4 Å². The van der Waals surface area contributed by atoms with Crippen molar-refractivity contribution in [3.8, 4) is 0 Å². The summed E-state index contributed by atoms with van der Waals surface area (Å²) in [6.07, 6.45) is 5.95. The molecule has 2 aromatic carbocycles. The smallest absolute Gasteiger partial charge is 0.225 e. The number of nitrogens with one attached hydrogen (secondary N) is 1. The van der Waals surface area contributed by atoms with E-state index >= 15 is 0 Å². The second kappa shape index (κ2) is 9.15. The summed E-state index contributed by atoms with van der Waals surface area (Å²) in [5, 5.41) is 5.32. The van der Waals surface area contributed by atoms with Gasteiger partial charge in [0.15, 0.2) is 0 Å². The number of fused-ring (bicyclic) bond motifs is 1. The minimum Gasteiger partial charge on any atom is -0.325 e. The van der Waals surface area contributed by atoms with E-state index in [-0.39, 0.29) is 5.91 Å². The third kappa shape index (κ3) is 5.05. The first-order chi connectivity index (χ1) is 12.6. The summed E-state index contributed by atoms with van der Waals surface area (Å²) in [4.78, 5) is 17.1. The van der Waals surface area contributed by atoms with Gasteiger partial charge in [-0.1, -0.05) is 49.2 Å². The molecule has 1 aliphatic carbocycles. The lowest BCUT2D eigenvalue weighted by Gasteiger charge is -2.26. The molecule has 4 nitrogen and oxygen atoms in total. The highest BCUT2D eigenvalue weighted by atomic mass is 16.1. The molecule has 0 aromatic heterocycles. The zero-order chi connectivity index (χ0) is 18.4. The molecule has 0 heterocycles. The van der Waals surface area contributed by atoms with Gasteiger partial charge in [0.05, 0.1) is 0 Å². The summed E-state index contributed by atoms with van der Waals surface area (Å²) in [6, 6.07) is 14.9. The van der Waals surface area contributed by atoms with E-state index in [0.29, 0.717) is 6.42 Å². The molecule has 0 bridgehead atoms. The van der Waals surface area contributed by atoms with Crippen LogP contribution in [0.3, 0.4) is 0 Å². The van der Waals surface area contributed by atoms with E-state index in [1.165, 1.54) is 25.7 Å². The molecule has 4 heteroatoms. The summed E-state index contributed by atoms with van der Waals surface area (Å²) < 4.78 is 0. The fraction of sp³-hybridized carbons (Fsp3) is 0.500. The normalized spacial score (nSPS) is 15.2. The molecular weight excluding hydrogens is 322 g/mol. The molecule has 1 N–H and O–H groups in total. The number of benzene rings is 2. The molecule has 0 aliphatic heterocycles. The standard InChI is InChI=1S/C22H31N3O/c1-24(16-17-25(2)19-10-4-5-11-19)15-14-22(26)23-21-13-7-9-18-8-3-6-12-20(18)21/h3,6-9,12-13,19H,4-5,10-11,14-17H2,1-2H3,(H,23,26). The molecule has 1 saturated carbocycles. The molecule has 26 heavy (non-hydrogen) atoms. The molecule has 0 radical (unpaired) electrons. The minimum absolute atomic E-state index is 0.0809. The van der Waals surface area contributed by atoms with Crippen molar-refractivity contribution in [3.63, 3.8) is 0 Å². The highest BCUT2D eigenvalue weighted by molar-refractivity contribution is 6.02. The monoisotopic (exact) mass is 353 g/mol. The molecular formula is C22H31N3O. The minimum atomic E-state index is 0.0809. The van der Waals surface area contributed by atoms with Gasteiger partial charge in [0.25, 0.3) is 0 Å². The topological polar surface area (TPSA) is 35.6 Å². The molecule has 140 valence electrons. The highest BCUT2D eigenvalue weighted by Crippen LogP contribution is 2.23. The van der Waals surface area contributed by atoms with Gasteiger partial charge in [0.2, 0.25) is 5.91 Å². The van der Waals surface area contributed by atoms with Gasteiger partial charge in [0, 0.05) is 43.2 Å². The summed E-state index contributed by atoms with van der Waals surface area (Å²) in [5.74, 6) is 0.0809. The quantitative estimate of drug-likeness (QED) is 0.780. The number of hydrogen-bond acceptors (Lipinski definition) is 3. The van der Waals surface area contributed by atoms with Gasteiger partial charge >= 0.3 is 0 Å². The van der Waals surface area contributed by atoms with Crippen LogP contribution in [0.5, 0.6) is 0 Å². The van der Waals surface area contributed by atoms with Gasteiger partial charge in [0.1, 0.15) is 0 Å². The van der Waals surface area contributed by atoms with Gasteiger partial charge < -0.3 is 15.1 Å². The molecule has 0 atom stereocenters. The second-order valence-electron chi connectivity index (χ2n) is 7.55. The number of rotatable bonds is 8. The molecule has 1 fully saturated rings. The Hall–Kier alpha value is -1.91. The van der Waals surface area contributed by atoms with Crippen molar-refractivity contribution in [1.82, 2.24) is 9.80 Å². The van der Waals surface area contributed by atoms with Crippen molar-refractivity contribution in [1.29, 1.82) is 0 Å². The Bertz CT molecular complexity index is 719. The van der Waals surface area contributed by atoms with Crippen LogP contribution in [0.4, 0.5) is 5.69 Å². The number of hydrogen-bond donors (Lipinski definition) is 1. The average Bonchev–Trinajstić information content (AvgIpc) is 3.19. The van der Waals surface area contributed by atoms with Crippen LogP contribution >= 0.6 is 0 Å². The first kappa shape index (κ1) is 18.9. The van der Waals surface area contributed by atoms with Crippen LogP contribution in [0.1, 0.15) is 32.1 Å². The number of carbonyl (C=O) groups is 1. The number of likely N-dealkylation sites (N-methyl/N-ethyl adjacent to an activating group) is 2. The second-order valence-corrected chi connectivity index (χ2v) is 7.55. The maximum Gasteiger partial charge on any atom is 0.225 e. The molecule has 0 spiro atoms. The lowest BCUT2D eigenvalue weighted by molar-refractivity contribution is -0.116. The third-order valence-electron chi connectivity index (χ3n) is 5.57. The van der Waals surface area contributed by atoms with Crippen molar-refractivity contribution >= 4 is 22.4 Å². The van der Waals surface area contributed by atoms with Crippen molar-refractivity contribution in [2.24, 2.45) is 0 Å². The fourth-order valence-electron chi connectivity index (χ4n) is 3.81. The lowest BCUT2D eigenvalue weighted by Crippen LogP contribution is -2.37. The van der Waals surface area contributed by atoms with E-state index in [0.717, 1.165) is 42.1 Å². The average molecular weight is 354 g/mol. The van der Waals surface area contributed by atoms with Gasteiger partial charge in [-0.05, 0) is 38.4 Å². The third-order valence-corrected chi connectivity index (χ3v) is 5.57. The van der Waals surface area contributed by atoms with Crippen molar-refractivity contribution in [3.05, 3.63) is 42.5 Å². The van der Waals surface area contributed by atoms with E-state index in [4.69, 9.17) is 0 Å². The van der Waals surface area contributed by atoms with Crippen LogP contribution < -0.4 is 5.32 Å². The first-order valence-electron chi connectivity index (χ1n) is 9.80. The zero-order valence-corrected chi connectivity index (χ0v) is 16.1. The Balaban J connectivity index is 1.43. The van der Waals surface area contributed by atoms with Crippen LogP contribution in [0.25, 0.3) is 10.8 Å². The van der Waals surface area contributed by atoms with Crippen molar-refractivity contribution in [2.45, 2.75) is 38.1 Å². The predicted molar refractivity (Wildman–Crippen MR) is 110 cm³/mol. The Morgan fingerprint density at radius 2 is 1.73 bits per heavy atom. The van der Waals surface area contributed by atoms with Crippen LogP contribution in [0.2, 0.25) is 0 Å². The number of nitrogens with zero attached hydrogens (tertiary/aromatic N) is 2. The van der Waals surface area contributed by atoms with Crippen LogP contribution in [-0.4, -0.2) is 55.5 Å². The van der Waals surface area contributed by atoms with Gasteiger partial charge in [-0.15, -0.1) is 0 Å². The van der Waals surface area contributed by atoms with E-state index in [1.54, 1.807) is 0 Å². The Labute approximate surface area is 157 Å². The lowest BCUT2D eigenvalue weighted by atomic mass is 10.1. The zero-order valence-electron chi connectivity index (χ0n) is 16.1. The Morgan fingerprint density at radius 3 is 2.54 bits per heavy atom. The largest absolute Gasteiger partial charge is 0.325 e. The van der Waals surface area contributed by atoms with Gasteiger partial charge in [-0.2, -0.15) is 0 Å². The van der Waals surface area contributed by atoms with E-state index in [9.17, 15) is 4.79 Å². The maximum absolute atomic E-state index is 12.4. The molecule has 1 amide bonds. The number of anilines is 1. The molecule has 2 aromatic rings. The van der Waals surface area contributed by atoms with Crippen LogP contribution in [0, 0.1) is 0 Å². The summed E-state index contributed by atoms with van der Waals surface area (Å²) in [7, 11) is 4.34.